The molecule has 14 aromatic rings. The van der Waals surface area contributed by atoms with Gasteiger partial charge in [-0.1, -0.05) is 146 Å². The fourth-order valence-electron chi connectivity index (χ4n) is 10.4. The fourth-order valence-corrected chi connectivity index (χ4v) is 12.8. The molecule has 304 valence electrons. The van der Waals surface area contributed by atoms with Crippen LogP contribution in [0.3, 0.4) is 0 Å². The molecule has 0 N–H and O–H groups in total. The summed E-state index contributed by atoms with van der Waals surface area (Å²) < 4.78 is 14.3. The molecule has 0 unspecified atom stereocenters. The first-order valence-electron chi connectivity index (χ1n) is 22.0. The number of para-hydroxylation sites is 4. The number of benzene rings is 10. The van der Waals surface area contributed by atoms with Crippen molar-refractivity contribution in [3.8, 4) is 27.9 Å². The standard InChI is InChI=1S/C60H36N2OS2/c1-6-23-49-43(16-1)44-17-2-7-24-50(44)62(49)40-15-11-14-38(36-40)42-34-35-51(58-48-20-5-10-28-55(48)65-60(42)58)61(52-25-12-22-46-45-18-3-8-26-53(45)63-59(46)52)39-32-30-37(31-33-39)41-21-13-29-56-57(41)47-19-4-9-27-54(47)64-56/h1-36H. The predicted octanol–water partition coefficient (Wildman–Crippen LogP) is 18.2. The normalized spacial score (nSPS) is 12.0. The summed E-state index contributed by atoms with van der Waals surface area (Å²) in [5, 5.41) is 9.80. The highest BCUT2D eigenvalue weighted by Crippen LogP contribution is 2.51. The van der Waals surface area contributed by atoms with Gasteiger partial charge in [-0.2, -0.15) is 0 Å². The van der Waals surface area contributed by atoms with Gasteiger partial charge < -0.3 is 13.9 Å². The Kier molecular flexibility index (Phi) is 8.02. The number of rotatable bonds is 6. The van der Waals surface area contributed by atoms with Crippen LogP contribution in [0.15, 0.2) is 223 Å². The number of furan rings is 1. The number of fused-ring (bicyclic) bond motifs is 12. The van der Waals surface area contributed by atoms with Crippen molar-refractivity contribution >= 4 is 124 Å². The van der Waals surface area contributed by atoms with Crippen LogP contribution in [0, 0.1) is 0 Å². The molecule has 0 atom stereocenters. The van der Waals surface area contributed by atoms with Crippen molar-refractivity contribution in [2.24, 2.45) is 0 Å². The highest BCUT2D eigenvalue weighted by atomic mass is 32.1. The van der Waals surface area contributed by atoms with E-state index in [0.717, 1.165) is 44.7 Å². The molecule has 0 spiro atoms. The van der Waals surface area contributed by atoms with E-state index in [9.17, 15) is 0 Å². The number of hydrogen-bond acceptors (Lipinski definition) is 4. The first kappa shape index (κ1) is 36.5. The summed E-state index contributed by atoms with van der Waals surface area (Å²) >= 11 is 3.73. The molecule has 0 saturated heterocycles. The van der Waals surface area contributed by atoms with Crippen molar-refractivity contribution in [1.82, 2.24) is 4.57 Å². The third-order valence-electron chi connectivity index (χ3n) is 13.2. The van der Waals surface area contributed by atoms with Crippen LogP contribution in [0.25, 0.3) is 112 Å². The second-order valence-corrected chi connectivity index (χ2v) is 18.9. The highest BCUT2D eigenvalue weighted by Gasteiger charge is 2.25. The summed E-state index contributed by atoms with van der Waals surface area (Å²) in [6.45, 7) is 0. The molecule has 0 amide bonds. The maximum atomic E-state index is 6.82. The predicted molar refractivity (Wildman–Crippen MR) is 279 cm³/mol. The average Bonchev–Trinajstić information content (AvgIpc) is 4.14. The molecule has 0 radical (unpaired) electrons. The summed E-state index contributed by atoms with van der Waals surface area (Å²) in [5.41, 5.74) is 13.3. The number of aromatic nitrogens is 1. The Labute approximate surface area is 381 Å². The van der Waals surface area contributed by atoms with Gasteiger partial charge in [-0.25, -0.2) is 0 Å². The van der Waals surface area contributed by atoms with Crippen molar-refractivity contribution in [3.63, 3.8) is 0 Å². The lowest BCUT2D eigenvalue weighted by molar-refractivity contribution is 0.669. The second kappa shape index (κ2) is 14.3. The number of nitrogens with zero attached hydrogens (tertiary/aromatic N) is 2. The maximum Gasteiger partial charge on any atom is 0.159 e. The van der Waals surface area contributed by atoms with E-state index in [2.05, 4.69) is 222 Å². The topological polar surface area (TPSA) is 21.3 Å². The van der Waals surface area contributed by atoms with Gasteiger partial charge in [0.25, 0.3) is 0 Å². The molecule has 10 aromatic carbocycles. The van der Waals surface area contributed by atoms with Crippen molar-refractivity contribution in [2.75, 3.05) is 4.90 Å². The van der Waals surface area contributed by atoms with Crippen LogP contribution in [0.5, 0.6) is 0 Å². The van der Waals surface area contributed by atoms with E-state index in [0.29, 0.717) is 0 Å². The van der Waals surface area contributed by atoms with E-state index in [1.54, 1.807) is 0 Å². The lowest BCUT2D eigenvalue weighted by Crippen LogP contribution is -2.10. The molecule has 0 bridgehead atoms. The molecule has 0 fully saturated rings. The molecule has 0 aliphatic heterocycles. The molecule has 0 aliphatic carbocycles. The third-order valence-corrected chi connectivity index (χ3v) is 15.5. The summed E-state index contributed by atoms with van der Waals surface area (Å²) in [6, 6.07) is 79.6. The van der Waals surface area contributed by atoms with Crippen LogP contribution >= 0.6 is 22.7 Å². The Bertz CT molecular complexity index is 4150. The molecule has 0 aliphatic rings. The van der Waals surface area contributed by atoms with Gasteiger partial charge >= 0.3 is 0 Å². The van der Waals surface area contributed by atoms with Gasteiger partial charge in [0.2, 0.25) is 0 Å². The van der Waals surface area contributed by atoms with E-state index in [4.69, 9.17) is 4.42 Å². The van der Waals surface area contributed by atoms with Crippen LogP contribution in [0.2, 0.25) is 0 Å². The summed E-state index contributed by atoms with van der Waals surface area (Å²) in [7, 11) is 0. The van der Waals surface area contributed by atoms with E-state index in [1.807, 2.05) is 28.7 Å². The molecule has 3 nitrogen and oxygen atoms in total. The lowest BCUT2D eigenvalue weighted by atomic mass is 9.98. The zero-order chi connectivity index (χ0) is 42.6. The molecular formula is C60H36N2OS2. The molecule has 4 aromatic heterocycles. The third kappa shape index (κ3) is 5.53. The molecular weight excluding hydrogens is 829 g/mol. The minimum atomic E-state index is 0.864. The monoisotopic (exact) mass is 864 g/mol. The average molecular weight is 865 g/mol. The zero-order valence-electron chi connectivity index (χ0n) is 34.9. The van der Waals surface area contributed by atoms with Gasteiger partial charge in [-0.15, -0.1) is 22.7 Å². The molecule has 65 heavy (non-hydrogen) atoms. The Morgan fingerprint density at radius 3 is 1.78 bits per heavy atom. The quantitative estimate of drug-likeness (QED) is 0.166. The van der Waals surface area contributed by atoms with E-state index in [1.165, 1.54) is 84.4 Å². The van der Waals surface area contributed by atoms with Gasteiger partial charge in [-0.05, 0) is 95.1 Å². The van der Waals surface area contributed by atoms with Crippen molar-refractivity contribution < 1.29 is 4.42 Å². The van der Waals surface area contributed by atoms with Crippen molar-refractivity contribution in [3.05, 3.63) is 218 Å². The van der Waals surface area contributed by atoms with Crippen LogP contribution < -0.4 is 4.90 Å². The van der Waals surface area contributed by atoms with Gasteiger partial charge in [0.05, 0.1) is 22.4 Å². The Hall–Kier alpha value is -7.96. The smallest absolute Gasteiger partial charge is 0.159 e. The highest BCUT2D eigenvalue weighted by molar-refractivity contribution is 7.26. The molecule has 4 heterocycles. The van der Waals surface area contributed by atoms with Gasteiger partial charge in [-0.3, -0.25) is 0 Å². The number of anilines is 3. The van der Waals surface area contributed by atoms with Crippen LogP contribution in [0.1, 0.15) is 0 Å². The summed E-state index contributed by atoms with van der Waals surface area (Å²) in [6.07, 6.45) is 0. The summed E-state index contributed by atoms with van der Waals surface area (Å²) in [5.74, 6) is 0. The lowest BCUT2D eigenvalue weighted by Gasteiger charge is -2.27. The Balaban J connectivity index is 0.994. The van der Waals surface area contributed by atoms with Gasteiger partial charge in [0.15, 0.2) is 5.58 Å². The Morgan fingerprint density at radius 2 is 1.00 bits per heavy atom. The fraction of sp³-hybridized carbons (Fsp3) is 0. The first-order valence-corrected chi connectivity index (χ1v) is 23.6. The number of hydrogen-bond donors (Lipinski definition) is 0. The first-order chi connectivity index (χ1) is 32.2. The maximum absolute atomic E-state index is 6.82. The minimum Gasteiger partial charge on any atom is -0.454 e. The molecule has 5 heteroatoms. The number of thiophene rings is 2. The zero-order valence-corrected chi connectivity index (χ0v) is 36.5. The molecule has 0 saturated carbocycles. The van der Waals surface area contributed by atoms with Crippen LogP contribution in [0.4, 0.5) is 17.1 Å². The van der Waals surface area contributed by atoms with Crippen molar-refractivity contribution in [2.45, 2.75) is 0 Å². The van der Waals surface area contributed by atoms with Gasteiger partial charge in [0.1, 0.15) is 5.58 Å². The van der Waals surface area contributed by atoms with E-state index in [-0.39, 0.29) is 0 Å². The van der Waals surface area contributed by atoms with Crippen LogP contribution in [-0.4, -0.2) is 4.57 Å². The SMILES string of the molecule is c1cc(-c2ccc(N(c3ccc(-c4cccc5sc6ccccc6c45)cc3)c3cccc4c3oc3ccccc34)c3c2sc2ccccc23)cc(-n2c3ccccc3c3ccccc32)c1. The van der Waals surface area contributed by atoms with Crippen LogP contribution in [-0.2, 0) is 0 Å². The summed E-state index contributed by atoms with van der Waals surface area (Å²) in [4.78, 5) is 2.43. The van der Waals surface area contributed by atoms with Gasteiger partial charge in [0, 0.05) is 73.3 Å². The Morgan fingerprint density at radius 1 is 0.385 bits per heavy atom. The van der Waals surface area contributed by atoms with E-state index >= 15 is 0 Å². The molecule has 14 rings (SSSR count). The van der Waals surface area contributed by atoms with E-state index < -0.39 is 0 Å². The second-order valence-electron chi connectivity index (χ2n) is 16.8. The van der Waals surface area contributed by atoms with Crippen molar-refractivity contribution in [1.29, 1.82) is 0 Å². The minimum absolute atomic E-state index is 0.864. The largest absolute Gasteiger partial charge is 0.454 e.